The number of amides is 1. The van der Waals surface area contributed by atoms with E-state index in [9.17, 15) is 32.6 Å². The van der Waals surface area contributed by atoms with Crippen molar-refractivity contribution in [3.8, 4) is 11.1 Å². The number of carbonyl (C=O) groups excluding carboxylic acids is 1. The molecule has 5 rings (SSSR count). The van der Waals surface area contributed by atoms with E-state index in [1.165, 1.54) is 26.0 Å². The third-order valence-corrected chi connectivity index (χ3v) is 8.49. The van der Waals surface area contributed by atoms with E-state index in [1.54, 1.807) is 0 Å². The molecule has 0 radical (unpaired) electrons. The average Bonchev–Trinajstić information content (AvgIpc) is 3.63. The van der Waals surface area contributed by atoms with Gasteiger partial charge in [-0.25, -0.2) is 4.39 Å². The molecular formula is C37H40F4N4O2S. The Hall–Kier alpha value is -3.96. The van der Waals surface area contributed by atoms with Crippen molar-refractivity contribution in [3.05, 3.63) is 116 Å². The summed E-state index contributed by atoms with van der Waals surface area (Å²) in [7, 11) is 0. The van der Waals surface area contributed by atoms with Gasteiger partial charge in [-0.05, 0) is 91.4 Å². The smallest absolute Gasteiger partial charge is 0.336 e. The van der Waals surface area contributed by atoms with Gasteiger partial charge < -0.3 is 14.4 Å². The molecule has 3 aromatic carbocycles. The summed E-state index contributed by atoms with van der Waals surface area (Å²) in [6, 6.07) is 5.39. The summed E-state index contributed by atoms with van der Waals surface area (Å²) in [4.78, 5) is 33.1. The van der Waals surface area contributed by atoms with Crippen LogP contribution in [0.4, 0.5) is 17.6 Å². The molecule has 0 saturated heterocycles. The second-order valence-corrected chi connectivity index (χ2v) is 11.6. The largest absolute Gasteiger partial charge is 0.416 e. The van der Waals surface area contributed by atoms with Crippen LogP contribution in [0.15, 0.2) is 76.6 Å². The molecule has 0 unspecified atom stereocenters. The first-order valence-corrected chi connectivity index (χ1v) is 16.0. The number of likely N-dealkylation sites (N-methyl/N-ethyl adjacent to an activating group) is 1. The van der Waals surface area contributed by atoms with E-state index < -0.39 is 90.0 Å². The highest BCUT2D eigenvalue weighted by molar-refractivity contribution is 7.98. The Morgan fingerprint density at radius 3 is 2.40 bits per heavy atom. The maximum atomic E-state index is 14.9. The number of fused-ring (bicyclic) bond motifs is 1. The fourth-order valence-electron chi connectivity index (χ4n) is 5.00. The molecule has 1 heterocycles. The van der Waals surface area contributed by atoms with Crippen LogP contribution < -0.4 is 5.56 Å². The van der Waals surface area contributed by atoms with E-state index in [1.807, 2.05) is 0 Å². The average molecular weight is 692 g/mol. The molecule has 4 aromatic rings. The van der Waals surface area contributed by atoms with Gasteiger partial charge in [0.1, 0.15) is 12.4 Å². The topological polar surface area (TPSA) is 58.4 Å². The lowest BCUT2D eigenvalue weighted by molar-refractivity contribution is -0.137. The van der Waals surface area contributed by atoms with Crippen molar-refractivity contribution in [2.75, 3.05) is 26.1 Å². The van der Waals surface area contributed by atoms with E-state index >= 15 is 0 Å². The van der Waals surface area contributed by atoms with Gasteiger partial charge in [0.05, 0.1) is 15.2 Å². The van der Waals surface area contributed by atoms with E-state index in [-0.39, 0.29) is 63.9 Å². The Morgan fingerprint density at radius 2 is 1.73 bits per heavy atom. The Kier molecular flexibility index (Phi) is 7.56. The van der Waals surface area contributed by atoms with Gasteiger partial charge in [0.25, 0.3) is 5.56 Å². The van der Waals surface area contributed by atoms with Crippen LogP contribution in [-0.2, 0) is 42.6 Å². The lowest BCUT2D eigenvalue weighted by Gasteiger charge is -2.28. The molecule has 1 aromatic heterocycles. The van der Waals surface area contributed by atoms with Gasteiger partial charge in [-0.3, -0.25) is 9.59 Å². The Labute approximate surface area is 298 Å². The number of halogens is 4. The van der Waals surface area contributed by atoms with Crippen LogP contribution in [0.3, 0.4) is 0 Å². The number of aromatic nitrogens is 2. The summed E-state index contributed by atoms with van der Waals surface area (Å²) >= 11 is 0.385. The minimum absolute atomic E-state index is 0.0335. The van der Waals surface area contributed by atoms with Gasteiger partial charge in [0, 0.05) is 41.9 Å². The molecule has 48 heavy (non-hydrogen) atoms. The van der Waals surface area contributed by atoms with Crippen molar-refractivity contribution in [3.63, 3.8) is 0 Å². The zero-order valence-electron chi connectivity index (χ0n) is 37.4. The normalized spacial score (nSPS) is 17.4. The molecule has 0 bridgehead atoms. The highest BCUT2D eigenvalue weighted by Crippen LogP contribution is 2.32. The van der Waals surface area contributed by atoms with E-state index in [4.69, 9.17) is 9.60 Å². The van der Waals surface area contributed by atoms with Crippen LogP contribution in [0.25, 0.3) is 11.1 Å². The molecule has 1 aliphatic carbocycles. The van der Waals surface area contributed by atoms with Crippen molar-refractivity contribution in [1.29, 1.82) is 0 Å². The fourth-order valence-corrected chi connectivity index (χ4v) is 5.76. The molecule has 6 nitrogen and oxygen atoms in total. The molecule has 0 saturated carbocycles. The Bertz CT molecular complexity index is 2280. The number of nitrogens with zero attached hydrogens (tertiary/aromatic N) is 4. The first-order valence-electron chi connectivity index (χ1n) is 20.7. The van der Waals surface area contributed by atoms with Gasteiger partial charge in [0.2, 0.25) is 5.91 Å². The second kappa shape index (κ2) is 15.5. The second-order valence-electron chi connectivity index (χ2n) is 10.8. The molecule has 0 aliphatic heterocycles. The summed E-state index contributed by atoms with van der Waals surface area (Å²) in [6.45, 7) is -7.35. The summed E-state index contributed by atoms with van der Waals surface area (Å²) < 4.78 is 154. The molecule has 254 valence electrons. The van der Waals surface area contributed by atoms with E-state index in [0.29, 0.717) is 30.3 Å². The van der Waals surface area contributed by atoms with Gasteiger partial charge in [-0.2, -0.15) is 18.2 Å². The van der Waals surface area contributed by atoms with Crippen molar-refractivity contribution < 1.29 is 37.4 Å². The van der Waals surface area contributed by atoms with Crippen LogP contribution >= 0.6 is 11.8 Å². The maximum absolute atomic E-state index is 14.9. The van der Waals surface area contributed by atoms with E-state index in [2.05, 4.69) is 4.98 Å². The SMILES string of the molecule is [2H]c1c([2H])c(C([2H])([2H])N(C(=O)Cn2c(SC([2H])([2H])c3ccc(F)cc3)nc(=O)c3c2CCC3)C([2H])([2H])C([2H])([2H])N(CC)CC)c(C)c([2H])c1-c1ccc(C(F)(F)F)cc1. The summed E-state index contributed by atoms with van der Waals surface area (Å²) in [6.07, 6.45) is -3.88. The number of hydrogen-bond donors (Lipinski definition) is 0. The molecule has 1 amide bonds. The van der Waals surface area contributed by atoms with Crippen LogP contribution in [-0.4, -0.2) is 51.3 Å². The van der Waals surface area contributed by atoms with Crippen molar-refractivity contribution in [2.45, 2.75) is 70.1 Å². The summed E-state index contributed by atoms with van der Waals surface area (Å²) in [5.41, 5.74) is -5.43. The Balaban J connectivity index is 1.72. The fraction of sp³-hybridized carbons (Fsp3) is 0.378. The van der Waals surface area contributed by atoms with Crippen LogP contribution in [0.5, 0.6) is 0 Å². The van der Waals surface area contributed by atoms with Crippen LogP contribution in [0.2, 0.25) is 0 Å². The first-order chi connectivity index (χ1) is 27.2. The lowest BCUT2D eigenvalue weighted by Crippen LogP contribution is -2.40. The zero-order valence-corrected chi connectivity index (χ0v) is 27.2. The third-order valence-electron chi connectivity index (χ3n) is 7.66. The lowest BCUT2D eigenvalue weighted by atomic mass is 9.98. The molecule has 0 atom stereocenters. The van der Waals surface area contributed by atoms with Gasteiger partial charge in [0.15, 0.2) is 5.16 Å². The van der Waals surface area contributed by atoms with Gasteiger partial charge in [-0.15, -0.1) is 0 Å². The van der Waals surface area contributed by atoms with Gasteiger partial charge in [-0.1, -0.05) is 68.0 Å². The minimum atomic E-state index is -4.70. The highest BCUT2D eigenvalue weighted by atomic mass is 32.2. The quantitative estimate of drug-likeness (QED) is 0.0825. The van der Waals surface area contributed by atoms with Crippen molar-refractivity contribution in [2.24, 2.45) is 0 Å². The predicted molar refractivity (Wildman–Crippen MR) is 181 cm³/mol. The standard InChI is InChI=1S/C37H40F4N4O2S/c1-4-43(5-2)19-20-44(22-29-12-11-28(21-25(29)3)27-13-15-30(16-14-27)37(39,40)41)34(46)23-45-33-8-6-7-32(33)35(47)42-36(45)48-24-26-9-17-31(38)18-10-26/h9-18,21H,4-8,19-20,22-24H2,1-3H3/i11D,12D,19D2,20D2,21D,22D2,24D2. The highest BCUT2D eigenvalue weighted by Gasteiger charge is 2.30. The number of carbonyl (C=O) groups is 1. The number of benzene rings is 3. The molecule has 0 fully saturated rings. The molecular weight excluding hydrogens is 640 g/mol. The zero-order chi connectivity index (χ0) is 44.2. The number of hydrogen-bond acceptors (Lipinski definition) is 5. The number of rotatable bonds is 13. The number of thioether (sulfide) groups is 1. The maximum Gasteiger partial charge on any atom is 0.416 e. The minimum Gasteiger partial charge on any atom is -0.336 e. The summed E-state index contributed by atoms with van der Waals surface area (Å²) in [5.74, 6) is -2.10. The van der Waals surface area contributed by atoms with Crippen LogP contribution in [0, 0.1) is 12.7 Å². The van der Waals surface area contributed by atoms with Crippen molar-refractivity contribution in [1.82, 2.24) is 19.4 Å². The molecule has 1 aliphatic rings. The number of alkyl halides is 3. The Morgan fingerprint density at radius 1 is 1.02 bits per heavy atom. The molecule has 0 spiro atoms. The van der Waals surface area contributed by atoms with Crippen LogP contribution in [0.1, 0.15) is 68.9 Å². The summed E-state index contributed by atoms with van der Waals surface area (Å²) in [5, 5.41) is -0.369. The predicted octanol–water partition coefficient (Wildman–Crippen LogP) is 7.53. The first kappa shape index (κ1) is 23.4. The third kappa shape index (κ3) is 8.54. The molecule has 11 heteroatoms. The monoisotopic (exact) mass is 691 g/mol. The van der Waals surface area contributed by atoms with E-state index in [0.717, 1.165) is 40.7 Å². The van der Waals surface area contributed by atoms with Crippen molar-refractivity contribution >= 4 is 17.7 Å². The van der Waals surface area contributed by atoms with Gasteiger partial charge >= 0.3 is 6.18 Å². The molecule has 0 N–H and O–H groups in total.